The first kappa shape index (κ1) is 24.7. The fraction of sp³-hybridized carbons (Fsp3) is 0.346. The highest BCUT2D eigenvalue weighted by Crippen LogP contribution is 2.40. The predicted molar refractivity (Wildman–Crippen MR) is 137 cm³/mol. The number of carbonyl (C=O) groups is 2. The number of nitrogens with zero attached hydrogens (tertiary/aromatic N) is 2. The Kier molecular flexibility index (Phi) is 7.65. The third-order valence-corrected chi connectivity index (χ3v) is 6.93. The van der Waals surface area contributed by atoms with E-state index in [-0.39, 0.29) is 17.9 Å². The van der Waals surface area contributed by atoms with Crippen LogP contribution in [0, 0.1) is 0 Å². The zero-order valence-corrected chi connectivity index (χ0v) is 21.1. The van der Waals surface area contributed by atoms with Crippen molar-refractivity contribution in [3.8, 4) is 11.5 Å². The number of fused-ring (bicyclic) bond motifs is 1. The topological polar surface area (TPSA) is 89.5 Å². The van der Waals surface area contributed by atoms with Crippen LogP contribution in [0.4, 0.5) is 5.69 Å². The van der Waals surface area contributed by atoms with Crippen molar-refractivity contribution in [2.45, 2.75) is 26.3 Å². The molecule has 35 heavy (non-hydrogen) atoms. The summed E-state index contributed by atoms with van der Waals surface area (Å²) in [6.07, 6.45) is 1.01. The zero-order valence-electron chi connectivity index (χ0n) is 20.3. The SMILES string of the molecule is CCOC(=O)C1=C(C)N=C2SCCCN2C1c1ccc(NC(=O)c2cc(OC)cc(OC)c2)cc1. The Bertz CT molecular complexity index is 1150. The van der Waals surface area contributed by atoms with Crippen molar-refractivity contribution in [3.63, 3.8) is 0 Å². The minimum absolute atomic E-state index is 0.280. The average Bonchev–Trinajstić information content (AvgIpc) is 2.88. The Labute approximate surface area is 209 Å². The number of benzene rings is 2. The van der Waals surface area contributed by atoms with Crippen LogP contribution in [0.1, 0.15) is 42.2 Å². The van der Waals surface area contributed by atoms with Gasteiger partial charge in [0, 0.05) is 29.6 Å². The lowest BCUT2D eigenvalue weighted by Gasteiger charge is -2.40. The molecule has 9 heteroatoms. The predicted octanol–water partition coefficient (Wildman–Crippen LogP) is 4.64. The summed E-state index contributed by atoms with van der Waals surface area (Å²) in [5.41, 5.74) is 3.23. The fourth-order valence-corrected chi connectivity index (χ4v) is 5.20. The number of methoxy groups -OCH3 is 2. The molecule has 1 unspecified atom stereocenters. The smallest absolute Gasteiger partial charge is 0.338 e. The van der Waals surface area contributed by atoms with Gasteiger partial charge >= 0.3 is 5.97 Å². The van der Waals surface area contributed by atoms with Gasteiger partial charge in [0.15, 0.2) is 5.17 Å². The molecule has 0 saturated carbocycles. The Morgan fingerprint density at radius 3 is 2.43 bits per heavy atom. The second kappa shape index (κ2) is 10.9. The summed E-state index contributed by atoms with van der Waals surface area (Å²) in [4.78, 5) is 32.6. The molecule has 2 aliphatic heterocycles. The molecule has 2 aromatic rings. The lowest BCUT2D eigenvalue weighted by molar-refractivity contribution is -0.139. The number of rotatable bonds is 7. The summed E-state index contributed by atoms with van der Waals surface area (Å²) in [7, 11) is 3.08. The van der Waals surface area contributed by atoms with Gasteiger partial charge in [-0.3, -0.25) is 4.79 Å². The van der Waals surface area contributed by atoms with E-state index in [1.807, 2.05) is 31.2 Å². The maximum Gasteiger partial charge on any atom is 0.338 e. The molecule has 4 rings (SSSR count). The first-order chi connectivity index (χ1) is 16.9. The van der Waals surface area contributed by atoms with Crippen molar-refractivity contribution in [2.24, 2.45) is 4.99 Å². The number of hydrogen-bond acceptors (Lipinski definition) is 8. The normalized spacial score (nSPS) is 17.3. The zero-order chi connectivity index (χ0) is 24.9. The molecular weight excluding hydrogens is 466 g/mol. The van der Waals surface area contributed by atoms with Gasteiger partial charge < -0.3 is 24.4 Å². The van der Waals surface area contributed by atoms with Crippen molar-refractivity contribution in [1.29, 1.82) is 0 Å². The highest BCUT2D eigenvalue weighted by molar-refractivity contribution is 8.13. The molecular formula is C26H29N3O5S. The summed E-state index contributed by atoms with van der Waals surface area (Å²) in [6.45, 7) is 4.76. The van der Waals surface area contributed by atoms with Crippen molar-refractivity contribution < 1.29 is 23.8 Å². The van der Waals surface area contributed by atoms with Gasteiger partial charge in [0.1, 0.15) is 11.5 Å². The van der Waals surface area contributed by atoms with Gasteiger partial charge in [0.05, 0.1) is 38.1 Å². The molecule has 0 aromatic heterocycles. The lowest BCUT2D eigenvalue weighted by Crippen LogP contribution is -2.42. The number of amidine groups is 1. The standard InChI is InChI=1S/C26H29N3O5S/c1-5-34-25(31)22-16(2)27-26-29(11-6-12-35-26)23(22)17-7-9-19(10-8-17)28-24(30)18-13-20(32-3)15-21(14-18)33-4/h7-10,13-15,23H,5-6,11-12H2,1-4H3,(H,28,30). The maximum atomic E-state index is 12.9. The number of amides is 1. The number of allylic oxidation sites excluding steroid dienone is 1. The van der Waals surface area contributed by atoms with Gasteiger partial charge in [-0.25, -0.2) is 9.79 Å². The van der Waals surface area contributed by atoms with Crippen LogP contribution in [0.25, 0.3) is 0 Å². The molecule has 1 saturated heterocycles. The van der Waals surface area contributed by atoms with E-state index in [4.69, 9.17) is 19.2 Å². The maximum absolute atomic E-state index is 12.9. The van der Waals surface area contributed by atoms with Crippen LogP contribution in [-0.4, -0.2) is 55.1 Å². The minimum Gasteiger partial charge on any atom is -0.497 e. The van der Waals surface area contributed by atoms with E-state index in [0.29, 0.717) is 40.6 Å². The molecule has 0 radical (unpaired) electrons. The number of hydrogen-bond donors (Lipinski definition) is 1. The molecule has 1 fully saturated rings. The number of esters is 1. The monoisotopic (exact) mass is 495 g/mol. The number of nitrogens with one attached hydrogen (secondary N) is 1. The van der Waals surface area contributed by atoms with E-state index in [9.17, 15) is 9.59 Å². The Morgan fingerprint density at radius 2 is 1.80 bits per heavy atom. The van der Waals surface area contributed by atoms with Gasteiger partial charge in [-0.1, -0.05) is 23.9 Å². The van der Waals surface area contributed by atoms with Crippen molar-refractivity contribution in [1.82, 2.24) is 4.90 Å². The number of anilines is 1. The van der Waals surface area contributed by atoms with E-state index in [2.05, 4.69) is 10.2 Å². The van der Waals surface area contributed by atoms with Crippen LogP contribution in [0.2, 0.25) is 0 Å². The van der Waals surface area contributed by atoms with Gasteiger partial charge in [-0.15, -0.1) is 0 Å². The molecule has 184 valence electrons. The third-order valence-electron chi connectivity index (χ3n) is 5.85. The van der Waals surface area contributed by atoms with Gasteiger partial charge in [0.25, 0.3) is 5.91 Å². The van der Waals surface area contributed by atoms with Gasteiger partial charge in [-0.2, -0.15) is 0 Å². The number of aliphatic imine (C=N–C) groups is 1. The van der Waals surface area contributed by atoms with Crippen LogP contribution in [0.3, 0.4) is 0 Å². The van der Waals surface area contributed by atoms with E-state index >= 15 is 0 Å². The molecule has 1 amide bonds. The molecule has 2 aliphatic rings. The van der Waals surface area contributed by atoms with Gasteiger partial charge in [0.2, 0.25) is 0 Å². The van der Waals surface area contributed by atoms with E-state index in [1.54, 1.807) is 36.9 Å². The molecule has 2 aromatic carbocycles. The van der Waals surface area contributed by atoms with Gasteiger partial charge in [-0.05, 0) is 50.1 Å². The molecule has 1 atom stereocenters. The van der Waals surface area contributed by atoms with Crippen LogP contribution < -0.4 is 14.8 Å². The highest BCUT2D eigenvalue weighted by atomic mass is 32.2. The summed E-state index contributed by atoms with van der Waals surface area (Å²) < 4.78 is 15.9. The highest BCUT2D eigenvalue weighted by Gasteiger charge is 2.37. The van der Waals surface area contributed by atoms with Crippen LogP contribution >= 0.6 is 11.8 Å². The number of thioether (sulfide) groups is 1. The number of carbonyl (C=O) groups excluding carboxylic acids is 2. The molecule has 2 heterocycles. The van der Waals surface area contributed by atoms with E-state index < -0.39 is 0 Å². The summed E-state index contributed by atoms with van der Waals surface area (Å²) in [5, 5.41) is 3.84. The van der Waals surface area contributed by atoms with Crippen LogP contribution in [0.5, 0.6) is 11.5 Å². The average molecular weight is 496 g/mol. The third kappa shape index (κ3) is 5.30. The summed E-state index contributed by atoms with van der Waals surface area (Å²) in [5.74, 6) is 1.44. The Morgan fingerprint density at radius 1 is 1.11 bits per heavy atom. The molecule has 0 bridgehead atoms. The largest absolute Gasteiger partial charge is 0.497 e. The first-order valence-corrected chi connectivity index (χ1v) is 12.4. The van der Waals surface area contributed by atoms with Crippen molar-refractivity contribution in [2.75, 3.05) is 38.4 Å². The summed E-state index contributed by atoms with van der Waals surface area (Å²) >= 11 is 1.70. The molecule has 0 aliphatic carbocycles. The summed E-state index contributed by atoms with van der Waals surface area (Å²) in [6, 6.07) is 12.3. The molecule has 1 N–H and O–H groups in total. The Balaban J connectivity index is 1.60. The minimum atomic E-state index is -0.349. The van der Waals surface area contributed by atoms with Crippen LogP contribution in [-0.2, 0) is 9.53 Å². The fourth-order valence-electron chi connectivity index (χ4n) is 4.18. The van der Waals surface area contributed by atoms with Crippen LogP contribution in [0.15, 0.2) is 58.7 Å². The Hall–Kier alpha value is -3.46. The molecule has 0 spiro atoms. The quantitative estimate of drug-likeness (QED) is 0.560. The van der Waals surface area contributed by atoms with Crippen molar-refractivity contribution >= 4 is 34.5 Å². The van der Waals surface area contributed by atoms with E-state index in [1.165, 1.54) is 14.2 Å². The second-order valence-corrected chi connectivity index (χ2v) is 9.15. The van der Waals surface area contributed by atoms with Crippen molar-refractivity contribution in [3.05, 3.63) is 64.9 Å². The first-order valence-electron chi connectivity index (χ1n) is 11.5. The lowest BCUT2D eigenvalue weighted by atomic mass is 9.94. The molecule has 8 nitrogen and oxygen atoms in total. The van der Waals surface area contributed by atoms with E-state index in [0.717, 1.165) is 29.4 Å². The second-order valence-electron chi connectivity index (χ2n) is 8.09. The number of ether oxygens (including phenoxy) is 3.